The van der Waals surface area contributed by atoms with Gasteiger partial charge in [0.1, 0.15) is 11.8 Å². The number of amidine groups is 1. The summed E-state index contributed by atoms with van der Waals surface area (Å²) in [6, 6.07) is 11.5. The van der Waals surface area contributed by atoms with Crippen molar-refractivity contribution in [1.29, 1.82) is 5.26 Å². The number of nitrogens with one attached hydrogen (secondary N) is 1. The SMILES string of the molecule is CSC(=S)/N=C(\C(C#N)=N/Nc1c(C)n(C)n(-c2ccccc2)c1=O)N1CCCCC1. The molecule has 1 fully saturated rings. The molecule has 0 aliphatic carbocycles. The van der Waals surface area contributed by atoms with E-state index in [9.17, 15) is 10.1 Å². The fraction of sp³-hybridized carbons (Fsp3) is 0.381. The van der Waals surface area contributed by atoms with Crippen LogP contribution in [0.15, 0.2) is 45.2 Å². The summed E-state index contributed by atoms with van der Waals surface area (Å²) in [5.41, 5.74) is 4.44. The Morgan fingerprint density at radius 3 is 2.52 bits per heavy atom. The molecule has 0 spiro atoms. The number of anilines is 1. The minimum absolute atomic E-state index is 0.104. The van der Waals surface area contributed by atoms with Gasteiger partial charge in [-0.05, 0) is 44.6 Å². The van der Waals surface area contributed by atoms with Gasteiger partial charge in [0.2, 0.25) is 5.71 Å². The van der Waals surface area contributed by atoms with Crippen molar-refractivity contribution in [2.45, 2.75) is 26.2 Å². The molecule has 8 nitrogen and oxygen atoms in total. The van der Waals surface area contributed by atoms with E-state index in [4.69, 9.17) is 12.2 Å². The van der Waals surface area contributed by atoms with Crippen LogP contribution in [0.5, 0.6) is 0 Å². The number of hydrazone groups is 1. The maximum Gasteiger partial charge on any atom is 0.296 e. The molecule has 162 valence electrons. The van der Waals surface area contributed by atoms with Crippen LogP contribution in [-0.4, -0.2) is 49.5 Å². The second kappa shape index (κ2) is 10.4. The molecule has 0 atom stereocenters. The van der Waals surface area contributed by atoms with E-state index in [1.807, 2.05) is 48.4 Å². The van der Waals surface area contributed by atoms with Gasteiger partial charge in [0.05, 0.1) is 11.4 Å². The number of nitrogens with zero attached hydrogens (tertiary/aromatic N) is 6. The highest BCUT2D eigenvalue weighted by Gasteiger charge is 2.22. The number of thiocarbonyl (C=S) groups is 1. The van der Waals surface area contributed by atoms with Crippen LogP contribution < -0.4 is 11.0 Å². The standard InChI is InChI=1S/C21H25N7OS2/c1-15-18(20(29)28(26(15)2)16-10-6-4-7-11-16)25-24-17(14-22)19(23-21(30)31-3)27-12-8-5-9-13-27/h4,6-7,10-11,25H,5,8-9,12-13H2,1-3H3/b23-19+,24-17-. The molecule has 2 aromatic rings. The molecule has 1 aliphatic heterocycles. The van der Waals surface area contributed by atoms with E-state index < -0.39 is 0 Å². The van der Waals surface area contributed by atoms with Gasteiger partial charge in [-0.1, -0.05) is 42.2 Å². The first-order valence-corrected chi connectivity index (χ1v) is 11.6. The molecule has 1 aromatic heterocycles. The van der Waals surface area contributed by atoms with E-state index in [0.717, 1.165) is 38.0 Å². The third-order valence-electron chi connectivity index (χ3n) is 5.18. The normalized spacial score (nSPS) is 15.0. The van der Waals surface area contributed by atoms with Gasteiger partial charge in [-0.2, -0.15) is 10.4 Å². The van der Waals surface area contributed by atoms with Gasteiger partial charge in [0.15, 0.2) is 10.2 Å². The predicted molar refractivity (Wildman–Crippen MR) is 131 cm³/mol. The number of piperidine rings is 1. The summed E-state index contributed by atoms with van der Waals surface area (Å²) >= 11 is 6.61. The van der Waals surface area contributed by atoms with Crippen molar-refractivity contribution in [2.75, 3.05) is 24.8 Å². The van der Waals surface area contributed by atoms with Gasteiger partial charge in [-0.15, -0.1) is 0 Å². The van der Waals surface area contributed by atoms with Crippen LogP contribution in [0.2, 0.25) is 0 Å². The first-order valence-electron chi connectivity index (χ1n) is 9.97. The number of rotatable bonds is 4. The number of nitriles is 1. The first kappa shape index (κ1) is 22.8. The van der Waals surface area contributed by atoms with Crippen LogP contribution in [0.25, 0.3) is 5.69 Å². The first-order chi connectivity index (χ1) is 15.0. The molecule has 1 N–H and O–H groups in total. The van der Waals surface area contributed by atoms with E-state index in [0.29, 0.717) is 21.5 Å². The molecule has 0 amide bonds. The molecule has 1 aliphatic rings. The second-order valence-corrected chi connectivity index (χ2v) is 8.51. The zero-order chi connectivity index (χ0) is 22.4. The summed E-state index contributed by atoms with van der Waals surface area (Å²) in [5.74, 6) is 0.450. The maximum atomic E-state index is 13.1. The summed E-state index contributed by atoms with van der Waals surface area (Å²) in [6.07, 6.45) is 5.05. The number of thioether (sulfide) groups is 1. The van der Waals surface area contributed by atoms with Crippen molar-refractivity contribution in [3.8, 4) is 11.8 Å². The molecular formula is C21H25N7OS2. The molecule has 0 unspecified atom stereocenters. The zero-order valence-corrected chi connectivity index (χ0v) is 19.5. The molecule has 1 saturated heterocycles. The van der Waals surface area contributed by atoms with E-state index in [1.165, 1.54) is 11.8 Å². The number of hydrogen-bond acceptors (Lipinski definition) is 6. The number of aromatic nitrogens is 2. The minimum Gasteiger partial charge on any atom is -0.354 e. The van der Waals surface area contributed by atoms with E-state index in [-0.39, 0.29) is 11.3 Å². The molecule has 10 heteroatoms. The van der Waals surface area contributed by atoms with Gasteiger partial charge < -0.3 is 4.90 Å². The van der Waals surface area contributed by atoms with Crippen LogP contribution in [0.1, 0.15) is 25.0 Å². The molecular weight excluding hydrogens is 430 g/mol. The summed E-state index contributed by atoms with van der Waals surface area (Å²) < 4.78 is 3.75. The smallest absolute Gasteiger partial charge is 0.296 e. The van der Waals surface area contributed by atoms with Crippen molar-refractivity contribution in [3.05, 3.63) is 46.4 Å². The van der Waals surface area contributed by atoms with Crippen molar-refractivity contribution in [3.63, 3.8) is 0 Å². The Kier molecular flexibility index (Phi) is 7.65. The average molecular weight is 456 g/mol. The minimum atomic E-state index is -0.247. The third kappa shape index (κ3) is 5.06. The molecule has 2 heterocycles. The van der Waals surface area contributed by atoms with Gasteiger partial charge in [-0.25, -0.2) is 9.67 Å². The maximum absolute atomic E-state index is 13.1. The summed E-state index contributed by atoms with van der Waals surface area (Å²) in [5, 5.41) is 14.1. The van der Waals surface area contributed by atoms with Crippen molar-refractivity contribution >= 4 is 45.5 Å². The topological polar surface area (TPSA) is 90.7 Å². The van der Waals surface area contributed by atoms with Crippen LogP contribution in [0, 0.1) is 18.3 Å². The molecule has 0 radical (unpaired) electrons. The van der Waals surface area contributed by atoms with Gasteiger partial charge >= 0.3 is 0 Å². The quantitative estimate of drug-likeness (QED) is 0.329. The van der Waals surface area contributed by atoms with Crippen LogP contribution in [0.4, 0.5) is 5.69 Å². The molecule has 3 rings (SSSR count). The number of para-hydroxylation sites is 1. The van der Waals surface area contributed by atoms with Gasteiger partial charge in [0.25, 0.3) is 5.56 Å². The Hall–Kier alpha value is -2.90. The molecule has 31 heavy (non-hydrogen) atoms. The molecule has 0 saturated carbocycles. The van der Waals surface area contributed by atoms with Crippen LogP contribution in [0.3, 0.4) is 0 Å². The molecule has 0 bridgehead atoms. The monoisotopic (exact) mass is 455 g/mol. The lowest BCUT2D eigenvalue weighted by molar-refractivity contribution is 0.346. The Morgan fingerprint density at radius 2 is 1.90 bits per heavy atom. The Balaban J connectivity index is 1.98. The highest BCUT2D eigenvalue weighted by Crippen LogP contribution is 2.15. The van der Waals surface area contributed by atoms with E-state index >= 15 is 0 Å². The zero-order valence-electron chi connectivity index (χ0n) is 17.8. The molecule has 1 aromatic carbocycles. The number of benzene rings is 1. The van der Waals surface area contributed by atoms with Gasteiger partial charge in [0, 0.05) is 20.1 Å². The lowest BCUT2D eigenvalue weighted by Crippen LogP contribution is -2.40. The van der Waals surface area contributed by atoms with Crippen LogP contribution in [-0.2, 0) is 7.05 Å². The van der Waals surface area contributed by atoms with Gasteiger partial charge in [-0.3, -0.25) is 14.9 Å². The number of likely N-dealkylation sites (tertiary alicyclic amines) is 1. The number of aliphatic imine (C=N–C) groups is 1. The van der Waals surface area contributed by atoms with E-state index in [1.54, 1.807) is 16.4 Å². The van der Waals surface area contributed by atoms with Crippen molar-refractivity contribution in [2.24, 2.45) is 17.1 Å². The highest BCUT2D eigenvalue weighted by molar-refractivity contribution is 8.22. The largest absolute Gasteiger partial charge is 0.354 e. The average Bonchev–Trinajstić information content (AvgIpc) is 3.02. The Labute approximate surface area is 191 Å². The Bertz CT molecular complexity index is 1100. The van der Waals surface area contributed by atoms with Crippen molar-refractivity contribution in [1.82, 2.24) is 14.3 Å². The lowest BCUT2D eigenvalue weighted by atomic mass is 10.1. The van der Waals surface area contributed by atoms with Crippen molar-refractivity contribution < 1.29 is 0 Å². The number of hydrogen-bond donors (Lipinski definition) is 1. The lowest BCUT2D eigenvalue weighted by Gasteiger charge is -2.28. The summed E-state index contributed by atoms with van der Waals surface area (Å²) in [6.45, 7) is 3.41. The third-order valence-corrected chi connectivity index (χ3v) is 6.21. The summed E-state index contributed by atoms with van der Waals surface area (Å²) in [4.78, 5) is 19.6. The second-order valence-electron chi connectivity index (χ2n) is 7.07. The highest BCUT2D eigenvalue weighted by atomic mass is 32.2. The summed E-state index contributed by atoms with van der Waals surface area (Å²) in [7, 11) is 1.81. The fourth-order valence-corrected chi connectivity index (χ4v) is 3.71. The predicted octanol–water partition coefficient (Wildman–Crippen LogP) is 3.31. The fourth-order valence-electron chi connectivity index (χ4n) is 3.45. The Morgan fingerprint density at radius 1 is 1.23 bits per heavy atom. The van der Waals surface area contributed by atoms with Crippen LogP contribution >= 0.6 is 24.0 Å². The van der Waals surface area contributed by atoms with E-state index in [2.05, 4.69) is 21.6 Å².